The van der Waals surface area contributed by atoms with E-state index < -0.39 is 0 Å². The van der Waals surface area contributed by atoms with Gasteiger partial charge in [-0.25, -0.2) is 4.99 Å². The monoisotopic (exact) mass is 431 g/mol. The molecular formula is C17H26IN3O2. The zero-order valence-corrected chi connectivity index (χ0v) is 15.7. The molecule has 23 heavy (non-hydrogen) atoms. The largest absolute Gasteiger partial charge is 0.486 e. The van der Waals surface area contributed by atoms with Crippen molar-refractivity contribution in [3.05, 3.63) is 24.3 Å². The minimum Gasteiger partial charge on any atom is -0.486 e. The molecule has 3 rings (SSSR count). The van der Waals surface area contributed by atoms with Crippen LogP contribution in [0.3, 0.4) is 0 Å². The van der Waals surface area contributed by atoms with Gasteiger partial charge in [0, 0.05) is 6.04 Å². The minimum absolute atomic E-state index is 0. The van der Waals surface area contributed by atoms with E-state index >= 15 is 0 Å². The van der Waals surface area contributed by atoms with Crippen LogP contribution in [0.2, 0.25) is 0 Å². The van der Waals surface area contributed by atoms with Gasteiger partial charge in [0.05, 0.1) is 6.54 Å². The minimum atomic E-state index is -0.0793. The summed E-state index contributed by atoms with van der Waals surface area (Å²) in [4.78, 5) is 4.42. The lowest BCUT2D eigenvalue weighted by molar-refractivity contribution is 0.0971. The quantitative estimate of drug-likeness (QED) is 0.334. The van der Waals surface area contributed by atoms with E-state index in [2.05, 4.69) is 10.3 Å². The highest BCUT2D eigenvalue weighted by atomic mass is 127. The van der Waals surface area contributed by atoms with Crippen LogP contribution in [0.25, 0.3) is 0 Å². The molecule has 0 aromatic heterocycles. The summed E-state index contributed by atoms with van der Waals surface area (Å²) in [7, 11) is 0. The van der Waals surface area contributed by atoms with Crippen molar-refractivity contribution >= 4 is 29.9 Å². The van der Waals surface area contributed by atoms with Crippen LogP contribution in [0.15, 0.2) is 29.3 Å². The molecule has 0 saturated heterocycles. The first-order valence-electron chi connectivity index (χ1n) is 8.26. The number of aliphatic imine (C=N–C) groups is 1. The number of fused-ring (bicyclic) bond motifs is 1. The topological polar surface area (TPSA) is 68.9 Å². The summed E-state index contributed by atoms with van der Waals surface area (Å²) < 4.78 is 11.6. The van der Waals surface area contributed by atoms with Crippen LogP contribution in [0.5, 0.6) is 11.5 Å². The second-order valence-corrected chi connectivity index (χ2v) is 6.06. The fraction of sp³-hybridized carbons (Fsp3) is 0.588. The van der Waals surface area contributed by atoms with Gasteiger partial charge in [0.25, 0.3) is 0 Å². The molecule has 0 spiro atoms. The molecule has 0 bridgehead atoms. The Morgan fingerprint density at radius 1 is 1.13 bits per heavy atom. The van der Waals surface area contributed by atoms with Gasteiger partial charge >= 0.3 is 0 Å². The van der Waals surface area contributed by atoms with Crippen molar-refractivity contribution in [2.24, 2.45) is 10.7 Å². The van der Waals surface area contributed by atoms with Gasteiger partial charge in [-0.2, -0.15) is 0 Å². The van der Waals surface area contributed by atoms with E-state index in [9.17, 15) is 0 Å². The first-order valence-corrected chi connectivity index (χ1v) is 8.26. The molecule has 5 nitrogen and oxygen atoms in total. The van der Waals surface area contributed by atoms with Gasteiger partial charge in [-0.1, -0.05) is 37.8 Å². The highest BCUT2D eigenvalue weighted by molar-refractivity contribution is 14.0. The molecule has 1 aromatic rings. The van der Waals surface area contributed by atoms with Gasteiger partial charge in [0.2, 0.25) is 0 Å². The number of rotatable bonds is 3. The molecule has 0 amide bonds. The number of para-hydroxylation sites is 2. The molecular weight excluding hydrogens is 405 g/mol. The third-order valence-corrected chi connectivity index (χ3v) is 4.24. The lowest BCUT2D eigenvalue weighted by Gasteiger charge is -2.25. The molecule has 2 aliphatic rings. The Balaban J connectivity index is 0.00000192. The zero-order valence-electron chi connectivity index (χ0n) is 13.4. The maximum Gasteiger partial charge on any atom is 0.188 e. The molecule has 128 valence electrons. The van der Waals surface area contributed by atoms with Gasteiger partial charge in [-0.3, -0.25) is 0 Å². The van der Waals surface area contributed by atoms with Crippen molar-refractivity contribution < 1.29 is 9.47 Å². The SMILES string of the molecule is I.NC(=NCC1COc2ccccc2O1)NC1CCCCCC1. The molecule has 3 N–H and O–H groups in total. The number of hydrogen-bond acceptors (Lipinski definition) is 3. The Kier molecular flexibility index (Phi) is 7.26. The second kappa shape index (κ2) is 9.20. The Morgan fingerprint density at radius 2 is 1.83 bits per heavy atom. The Labute approximate surface area is 155 Å². The van der Waals surface area contributed by atoms with Crippen molar-refractivity contribution in [2.45, 2.75) is 50.7 Å². The molecule has 6 heteroatoms. The van der Waals surface area contributed by atoms with Crippen LogP contribution in [-0.2, 0) is 0 Å². The predicted octanol–water partition coefficient (Wildman–Crippen LogP) is 3.07. The number of nitrogens with two attached hydrogens (primary N) is 1. The Morgan fingerprint density at radius 3 is 2.57 bits per heavy atom. The van der Waals surface area contributed by atoms with Crippen LogP contribution >= 0.6 is 24.0 Å². The van der Waals surface area contributed by atoms with Crippen LogP contribution in [0, 0.1) is 0 Å². The lowest BCUT2D eigenvalue weighted by atomic mass is 10.1. The third kappa shape index (κ3) is 5.44. The van der Waals surface area contributed by atoms with Crippen molar-refractivity contribution in [3.63, 3.8) is 0 Å². The second-order valence-electron chi connectivity index (χ2n) is 6.06. The van der Waals surface area contributed by atoms with Crippen molar-refractivity contribution in [1.82, 2.24) is 5.32 Å². The summed E-state index contributed by atoms with van der Waals surface area (Å²) in [6.07, 6.45) is 7.52. The van der Waals surface area contributed by atoms with Gasteiger partial charge in [0.15, 0.2) is 23.6 Å². The molecule has 1 fully saturated rings. The van der Waals surface area contributed by atoms with Crippen LogP contribution in [0.1, 0.15) is 38.5 Å². The Hall–Kier alpha value is -1.18. The van der Waals surface area contributed by atoms with E-state index in [-0.39, 0.29) is 30.1 Å². The number of halogens is 1. The molecule has 1 aliphatic heterocycles. The summed E-state index contributed by atoms with van der Waals surface area (Å²) >= 11 is 0. The number of benzene rings is 1. The van der Waals surface area contributed by atoms with Gasteiger partial charge in [-0.05, 0) is 25.0 Å². The van der Waals surface area contributed by atoms with Gasteiger partial charge in [0.1, 0.15) is 6.61 Å². The molecule has 1 aromatic carbocycles. The van der Waals surface area contributed by atoms with E-state index in [1.54, 1.807) is 0 Å². The number of hydrogen-bond donors (Lipinski definition) is 2. The van der Waals surface area contributed by atoms with Gasteiger partial charge in [-0.15, -0.1) is 24.0 Å². The van der Waals surface area contributed by atoms with E-state index in [1.807, 2.05) is 24.3 Å². The number of guanidine groups is 1. The molecule has 1 saturated carbocycles. The summed E-state index contributed by atoms with van der Waals surface area (Å²) in [5.74, 6) is 2.10. The van der Waals surface area contributed by atoms with Crippen molar-refractivity contribution in [1.29, 1.82) is 0 Å². The van der Waals surface area contributed by atoms with Gasteiger partial charge < -0.3 is 20.5 Å². The Bertz CT molecular complexity index is 516. The highest BCUT2D eigenvalue weighted by Gasteiger charge is 2.20. The summed E-state index contributed by atoms with van der Waals surface area (Å²) in [5.41, 5.74) is 6.01. The molecule has 0 radical (unpaired) electrons. The number of ether oxygens (including phenoxy) is 2. The standard InChI is InChI=1S/C17H25N3O2.HI/c18-17(20-13-7-3-1-2-4-8-13)19-11-14-12-21-15-9-5-6-10-16(15)22-14;/h5-6,9-10,13-14H,1-4,7-8,11-12H2,(H3,18,19,20);1H. The van der Waals surface area contributed by atoms with Crippen LogP contribution < -0.4 is 20.5 Å². The smallest absolute Gasteiger partial charge is 0.188 e. The maximum absolute atomic E-state index is 6.01. The molecule has 1 unspecified atom stereocenters. The summed E-state index contributed by atoms with van der Waals surface area (Å²) in [6, 6.07) is 8.18. The average molecular weight is 431 g/mol. The van der Waals surface area contributed by atoms with E-state index in [4.69, 9.17) is 15.2 Å². The first-order chi connectivity index (χ1) is 10.8. The average Bonchev–Trinajstić information content (AvgIpc) is 2.81. The first kappa shape index (κ1) is 18.2. The van der Waals surface area contributed by atoms with E-state index in [1.165, 1.54) is 38.5 Å². The highest BCUT2D eigenvalue weighted by Crippen LogP contribution is 2.30. The fourth-order valence-corrected chi connectivity index (χ4v) is 3.03. The molecule has 1 aliphatic carbocycles. The third-order valence-electron chi connectivity index (χ3n) is 4.24. The van der Waals surface area contributed by atoms with E-state index in [0.717, 1.165) is 11.5 Å². The number of nitrogens with zero attached hydrogens (tertiary/aromatic N) is 1. The van der Waals surface area contributed by atoms with Crippen LogP contribution in [0.4, 0.5) is 0 Å². The lowest BCUT2D eigenvalue weighted by Crippen LogP contribution is -2.41. The summed E-state index contributed by atoms with van der Waals surface area (Å²) in [5, 5.41) is 3.35. The summed E-state index contributed by atoms with van der Waals surface area (Å²) in [6.45, 7) is 1.02. The zero-order chi connectivity index (χ0) is 15.2. The maximum atomic E-state index is 6.01. The molecule has 1 atom stereocenters. The van der Waals surface area contributed by atoms with Crippen molar-refractivity contribution in [3.8, 4) is 11.5 Å². The predicted molar refractivity (Wildman–Crippen MR) is 103 cm³/mol. The number of nitrogens with one attached hydrogen (secondary N) is 1. The fourth-order valence-electron chi connectivity index (χ4n) is 3.03. The van der Waals surface area contributed by atoms with Crippen LogP contribution in [-0.4, -0.2) is 31.3 Å². The molecule has 1 heterocycles. The van der Waals surface area contributed by atoms with E-state index in [0.29, 0.717) is 25.2 Å². The normalized spacial score (nSPS) is 21.9. The van der Waals surface area contributed by atoms with Crippen molar-refractivity contribution in [2.75, 3.05) is 13.2 Å².